The molecule has 2 aliphatic rings. The van der Waals surface area contributed by atoms with Crippen molar-refractivity contribution in [2.24, 2.45) is 5.41 Å². The molecule has 2 aromatic carbocycles. The number of piperidine rings is 1. The van der Waals surface area contributed by atoms with Crippen molar-refractivity contribution in [1.82, 2.24) is 4.90 Å². The third-order valence-corrected chi connectivity index (χ3v) is 6.86. The minimum absolute atomic E-state index is 0.0544. The van der Waals surface area contributed by atoms with Gasteiger partial charge in [-0.25, -0.2) is 0 Å². The van der Waals surface area contributed by atoms with E-state index in [9.17, 15) is 9.59 Å². The molecule has 4 rings (SSSR count). The highest BCUT2D eigenvalue weighted by Crippen LogP contribution is 2.32. The number of nitrogens with one attached hydrogen (secondary N) is 1. The number of hydrogen-bond acceptors (Lipinski definition) is 5. The fraction of sp³-hybridized carbons (Fsp3) is 0.500. The van der Waals surface area contributed by atoms with Crippen LogP contribution in [0.4, 0.5) is 17.1 Å². The molecule has 2 saturated heterocycles. The normalized spacial score (nSPS) is 16.7. The van der Waals surface area contributed by atoms with Gasteiger partial charge in [-0.1, -0.05) is 32.9 Å². The molecule has 2 fully saturated rings. The van der Waals surface area contributed by atoms with Crippen LogP contribution in [0.1, 0.15) is 50.4 Å². The number of piperazine rings is 1. The van der Waals surface area contributed by atoms with E-state index < -0.39 is 5.41 Å². The largest absolute Gasteiger partial charge is 0.495 e. The highest BCUT2D eigenvalue weighted by atomic mass is 16.5. The summed E-state index contributed by atoms with van der Waals surface area (Å²) in [7, 11) is 1.70. The number of carbonyl (C=O) groups is 2. The molecule has 1 N–H and O–H groups in total. The Morgan fingerprint density at radius 1 is 0.829 bits per heavy atom. The summed E-state index contributed by atoms with van der Waals surface area (Å²) in [5.74, 6) is 0.867. The molecule has 0 aliphatic carbocycles. The number of carbonyl (C=O) groups excluding carboxylic acids is 2. The predicted octanol–water partition coefficient (Wildman–Crippen LogP) is 4.63. The summed E-state index contributed by atoms with van der Waals surface area (Å²) in [4.78, 5) is 32.8. The molecule has 2 amide bonds. The lowest BCUT2D eigenvalue weighted by molar-refractivity contribution is -0.123. The van der Waals surface area contributed by atoms with E-state index in [1.807, 2.05) is 62.1 Å². The number of methoxy groups -OCH3 is 1. The van der Waals surface area contributed by atoms with E-state index in [0.29, 0.717) is 11.3 Å². The third kappa shape index (κ3) is 5.72. The van der Waals surface area contributed by atoms with Gasteiger partial charge in [-0.15, -0.1) is 0 Å². The zero-order valence-electron chi connectivity index (χ0n) is 21.5. The summed E-state index contributed by atoms with van der Waals surface area (Å²) in [6.45, 7) is 10.5. The number of nitrogens with zero attached hydrogens (tertiary/aromatic N) is 3. The topological polar surface area (TPSA) is 65.1 Å². The zero-order valence-corrected chi connectivity index (χ0v) is 21.5. The van der Waals surface area contributed by atoms with Crippen LogP contribution in [0.2, 0.25) is 0 Å². The van der Waals surface area contributed by atoms with E-state index in [0.717, 1.165) is 69.2 Å². The van der Waals surface area contributed by atoms with Crippen LogP contribution in [0.5, 0.6) is 5.75 Å². The van der Waals surface area contributed by atoms with Gasteiger partial charge in [0.15, 0.2) is 0 Å². The first-order valence-electron chi connectivity index (χ1n) is 12.7. The molecule has 0 saturated carbocycles. The van der Waals surface area contributed by atoms with Crippen molar-refractivity contribution in [2.75, 3.05) is 61.5 Å². The van der Waals surface area contributed by atoms with Crippen molar-refractivity contribution in [3.05, 3.63) is 48.0 Å². The van der Waals surface area contributed by atoms with Crippen LogP contribution in [0.3, 0.4) is 0 Å². The quantitative estimate of drug-likeness (QED) is 0.679. The minimum atomic E-state index is -0.509. The number of benzene rings is 2. The molecule has 7 nitrogen and oxygen atoms in total. The number of anilines is 3. The second kappa shape index (κ2) is 10.6. The van der Waals surface area contributed by atoms with Crippen molar-refractivity contribution in [3.8, 4) is 5.75 Å². The molecule has 188 valence electrons. The standard InChI is InChI=1S/C28H38N4O3/c1-28(2,3)27(34)29-21-12-13-23(22(20-21)26(33)32-14-8-5-9-15-32)30-16-18-31(19-17-30)24-10-6-7-11-25(24)35-4/h6-7,10-13,20H,5,8-9,14-19H2,1-4H3,(H,29,34). The number of ether oxygens (including phenoxy) is 1. The van der Waals surface area contributed by atoms with Crippen LogP contribution in [0, 0.1) is 5.41 Å². The molecule has 0 spiro atoms. The van der Waals surface area contributed by atoms with E-state index in [-0.39, 0.29) is 11.8 Å². The van der Waals surface area contributed by atoms with Gasteiger partial charge in [0.05, 0.1) is 18.4 Å². The van der Waals surface area contributed by atoms with E-state index in [1.165, 1.54) is 6.42 Å². The Bertz CT molecular complexity index is 1050. The van der Waals surface area contributed by atoms with Crippen LogP contribution in [0.25, 0.3) is 0 Å². The second-order valence-corrected chi connectivity index (χ2v) is 10.4. The summed E-state index contributed by atoms with van der Waals surface area (Å²) in [6.07, 6.45) is 3.25. The summed E-state index contributed by atoms with van der Waals surface area (Å²) in [5, 5.41) is 3.00. The Labute approximate surface area is 209 Å². The number of para-hydroxylation sites is 2. The van der Waals surface area contributed by atoms with Crippen LogP contribution in [0.15, 0.2) is 42.5 Å². The van der Waals surface area contributed by atoms with Crippen molar-refractivity contribution in [1.29, 1.82) is 0 Å². The van der Waals surface area contributed by atoms with Crippen molar-refractivity contribution < 1.29 is 14.3 Å². The molecule has 2 heterocycles. The van der Waals surface area contributed by atoms with E-state index in [1.54, 1.807) is 7.11 Å². The summed E-state index contributed by atoms with van der Waals surface area (Å²) < 4.78 is 5.56. The van der Waals surface area contributed by atoms with Gasteiger partial charge in [-0.3, -0.25) is 9.59 Å². The number of likely N-dealkylation sites (tertiary alicyclic amines) is 1. The fourth-order valence-corrected chi connectivity index (χ4v) is 4.73. The average molecular weight is 479 g/mol. The third-order valence-electron chi connectivity index (χ3n) is 6.86. The highest BCUT2D eigenvalue weighted by Gasteiger charge is 2.27. The van der Waals surface area contributed by atoms with Crippen LogP contribution < -0.4 is 19.9 Å². The Morgan fingerprint density at radius 3 is 2.09 bits per heavy atom. The summed E-state index contributed by atoms with van der Waals surface area (Å²) in [5.41, 5.74) is 2.87. The average Bonchev–Trinajstić information content (AvgIpc) is 2.88. The van der Waals surface area contributed by atoms with Gasteiger partial charge in [0.2, 0.25) is 5.91 Å². The van der Waals surface area contributed by atoms with Gasteiger partial charge in [0.25, 0.3) is 5.91 Å². The van der Waals surface area contributed by atoms with Gasteiger partial charge < -0.3 is 24.8 Å². The first-order chi connectivity index (χ1) is 16.8. The molecule has 2 aromatic rings. The molecule has 35 heavy (non-hydrogen) atoms. The molecular formula is C28H38N4O3. The van der Waals surface area contributed by atoms with Crippen molar-refractivity contribution >= 4 is 28.9 Å². The van der Waals surface area contributed by atoms with Gasteiger partial charge in [0.1, 0.15) is 5.75 Å². The lowest BCUT2D eigenvalue weighted by Gasteiger charge is -2.39. The van der Waals surface area contributed by atoms with Crippen molar-refractivity contribution in [3.63, 3.8) is 0 Å². The lowest BCUT2D eigenvalue weighted by atomic mass is 9.95. The molecule has 7 heteroatoms. The molecule has 0 aromatic heterocycles. The van der Waals surface area contributed by atoms with Crippen LogP contribution >= 0.6 is 0 Å². The first kappa shape index (κ1) is 24.9. The Morgan fingerprint density at radius 2 is 1.46 bits per heavy atom. The SMILES string of the molecule is COc1ccccc1N1CCN(c2ccc(NC(=O)C(C)(C)C)cc2C(=O)N2CCCCC2)CC1. The molecule has 0 radical (unpaired) electrons. The highest BCUT2D eigenvalue weighted by molar-refractivity contribution is 6.02. The zero-order chi connectivity index (χ0) is 25.0. The van der Waals surface area contributed by atoms with Gasteiger partial charge in [-0.05, 0) is 49.6 Å². The van der Waals surface area contributed by atoms with Crippen LogP contribution in [-0.4, -0.2) is 63.1 Å². The van der Waals surface area contributed by atoms with Gasteiger partial charge in [0, 0.05) is 56.1 Å². The monoisotopic (exact) mass is 478 g/mol. The van der Waals surface area contributed by atoms with Gasteiger partial charge in [-0.2, -0.15) is 0 Å². The van der Waals surface area contributed by atoms with Gasteiger partial charge >= 0.3 is 0 Å². The summed E-state index contributed by atoms with van der Waals surface area (Å²) >= 11 is 0. The van der Waals surface area contributed by atoms with E-state index in [4.69, 9.17) is 4.74 Å². The molecule has 2 aliphatic heterocycles. The number of hydrogen-bond donors (Lipinski definition) is 1. The van der Waals surface area contributed by atoms with E-state index in [2.05, 4.69) is 21.2 Å². The fourth-order valence-electron chi connectivity index (χ4n) is 4.73. The minimum Gasteiger partial charge on any atom is -0.495 e. The predicted molar refractivity (Wildman–Crippen MR) is 142 cm³/mol. The lowest BCUT2D eigenvalue weighted by Crippen LogP contribution is -2.47. The number of rotatable bonds is 5. The molecule has 0 atom stereocenters. The maximum absolute atomic E-state index is 13.6. The maximum atomic E-state index is 13.6. The van der Waals surface area contributed by atoms with Crippen molar-refractivity contribution in [2.45, 2.75) is 40.0 Å². The summed E-state index contributed by atoms with van der Waals surface area (Å²) in [6, 6.07) is 13.9. The Kier molecular flexibility index (Phi) is 7.53. The van der Waals surface area contributed by atoms with E-state index >= 15 is 0 Å². The molecule has 0 bridgehead atoms. The van der Waals surface area contributed by atoms with Crippen LogP contribution in [-0.2, 0) is 4.79 Å². The Balaban J connectivity index is 1.57. The Hall–Kier alpha value is -3.22. The maximum Gasteiger partial charge on any atom is 0.256 e. The molecular weight excluding hydrogens is 440 g/mol. The first-order valence-corrected chi connectivity index (χ1v) is 12.7. The smallest absolute Gasteiger partial charge is 0.256 e. The second-order valence-electron chi connectivity index (χ2n) is 10.4. The molecule has 0 unspecified atom stereocenters. The number of amides is 2.